The highest BCUT2D eigenvalue weighted by molar-refractivity contribution is 7.98. The first-order valence-corrected chi connectivity index (χ1v) is 22.0. The molecule has 1 atom stereocenters. The summed E-state index contributed by atoms with van der Waals surface area (Å²) in [6.07, 6.45) is 9.44. The number of carboxylic acids is 1. The van der Waals surface area contributed by atoms with E-state index in [1.54, 1.807) is 0 Å². The fraction of sp³-hybridized carbons (Fsp3) is 0.333. The van der Waals surface area contributed by atoms with Crippen LogP contribution in [0.4, 0.5) is 16.6 Å². The molecule has 3 aromatic carbocycles. The third-order valence-electron chi connectivity index (χ3n) is 12.0. The van der Waals surface area contributed by atoms with Gasteiger partial charge in [0.05, 0.1) is 22.3 Å². The van der Waals surface area contributed by atoms with Gasteiger partial charge in [0.25, 0.3) is 11.8 Å². The van der Waals surface area contributed by atoms with Crippen LogP contribution < -0.4 is 19.8 Å². The molecule has 0 bridgehead atoms. The average Bonchev–Trinajstić information content (AvgIpc) is 4.02. The molecule has 3 aromatic heterocycles. The van der Waals surface area contributed by atoms with Crippen LogP contribution >= 0.6 is 23.3 Å². The third kappa shape index (κ3) is 8.28. The van der Waals surface area contributed by atoms with Crippen LogP contribution in [0, 0.1) is 18.8 Å². The van der Waals surface area contributed by atoms with Crippen molar-refractivity contribution in [1.29, 1.82) is 0 Å². The summed E-state index contributed by atoms with van der Waals surface area (Å²) >= 11 is 2.67. The molecule has 302 valence electrons. The first-order chi connectivity index (χ1) is 28.8. The lowest BCUT2D eigenvalue weighted by molar-refractivity contribution is -0.140. The number of nitrogens with one attached hydrogen (secondary N) is 2. The van der Waals surface area contributed by atoms with Crippen molar-refractivity contribution in [1.82, 2.24) is 24.5 Å². The SMILES string of the molecule is Cc1c(-c2ccc(N3CCc4cccc(C(=O)Nc5nc6ccccc6s5)c4C3)nc2C(=O)NSc2ccc(N3CCC(C(=O)O)C3)cc2)cnn1CC1CCCCC1. The van der Waals surface area contributed by atoms with Crippen LogP contribution in [0.1, 0.15) is 76.2 Å². The number of carboxylic acid groups (broad SMARTS) is 1. The van der Waals surface area contributed by atoms with Gasteiger partial charge in [-0.15, -0.1) is 0 Å². The van der Waals surface area contributed by atoms with Crippen LogP contribution in [-0.4, -0.2) is 62.3 Å². The molecular weight excluding hydrogens is 781 g/mol. The van der Waals surface area contributed by atoms with E-state index in [4.69, 9.17) is 10.1 Å². The molecule has 12 nitrogen and oxygen atoms in total. The maximum Gasteiger partial charge on any atom is 0.308 e. The van der Waals surface area contributed by atoms with Gasteiger partial charge in [-0.25, -0.2) is 9.97 Å². The zero-order valence-electron chi connectivity index (χ0n) is 32.9. The molecule has 1 unspecified atom stereocenters. The van der Waals surface area contributed by atoms with Gasteiger partial charge in [0.2, 0.25) is 0 Å². The summed E-state index contributed by atoms with van der Waals surface area (Å²) in [6, 6.07) is 25.5. The molecule has 2 aliphatic heterocycles. The Labute approximate surface area is 351 Å². The molecule has 0 spiro atoms. The van der Waals surface area contributed by atoms with E-state index >= 15 is 0 Å². The highest BCUT2D eigenvalue weighted by atomic mass is 32.2. The molecule has 2 amide bonds. The summed E-state index contributed by atoms with van der Waals surface area (Å²) in [6.45, 7) is 5.24. The predicted molar refractivity (Wildman–Crippen MR) is 233 cm³/mol. The van der Waals surface area contributed by atoms with Crippen LogP contribution in [0.3, 0.4) is 0 Å². The minimum absolute atomic E-state index is 0.207. The van der Waals surface area contributed by atoms with E-state index < -0.39 is 5.97 Å². The van der Waals surface area contributed by atoms with Crippen molar-refractivity contribution in [3.8, 4) is 11.1 Å². The molecule has 1 aliphatic carbocycles. The second kappa shape index (κ2) is 16.9. The van der Waals surface area contributed by atoms with Gasteiger partial charge in [0.15, 0.2) is 5.13 Å². The minimum Gasteiger partial charge on any atom is -0.481 e. The number of thiazole rings is 1. The monoisotopic (exact) mass is 826 g/mol. The molecule has 5 heterocycles. The molecule has 2 fully saturated rings. The second-order valence-electron chi connectivity index (χ2n) is 15.7. The Morgan fingerprint density at radius 2 is 1.69 bits per heavy atom. The Kier molecular flexibility index (Phi) is 11.1. The largest absolute Gasteiger partial charge is 0.481 e. The topological polar surface area (TPSA) is 146 Å². The lowest BCUT2D eigenvalue weighted by atomic mass is 9.89. The van der Waals surface area contributed by atoms with Crippen molar-refractivity contribution in [3.05, 3.63) is 113 Å². The van der Waals surface area contributed by atoms with E-state index in [9.17, 15) is 19.5 Å². The molecule has 14 heteroatoms. The molecule has 1 saturated carbocycles. The van der Waals surface area contributed by atoms with Crippen molar-refractivity contribution in [2.24, 2.45) is 11.8 Å². The maximum atomic E-state index is 14.3. The smallest absolute Gasteiger partial charge is 0.308 e. The number of aliphatic carboxylic acids is 1. The van der Waals surface area contributed by atoms with E-state index in [0.29, 0.717) is 66.3 Å². The fourth-order valence-electron chi connectivity index (χ4n) is 8.68. The maximum absolute atomic E-state index is 14.3. The number of amides is 2. The standard InChI is InChI=1S/C45H46N8O4S2/c1-28-36(24-46-53(28)25-29-8-3-2-4-9-29)34-18-19-40(48-41(34)43(55)50-59-33-16-14-32(15-17-33)51-22-21-31(26-51)44(56)57)52-23-20-30-10-7-11-35(37(30)27-52)42(54)49-45-47-38-12-5-6-13-39(38)58-45/h5-7,10-19,24,29,31H,2-4,8-9,20-23,25-27H2,1H3,(H,50,55)(H,56,57)(H,47,49,54). The molecule has 59 heavy (non-hydrogen) atoms. The normalized spacial score (nSPS) is 16.9. The van der Waals surface area contributed by atoms with Crippen LogP contribution in [-0.2, 0) is 24.3 Å². The zero-order valence-corrected chi connectivity index (χ0v) is 34.5. The highest BCUT2D eigenvalue weighted by Crippen LogP contribution is 2.34. The van der Waals surface area contributed by atoms with Crippen molar-refractivity contribution < 1.29 is 19.5 Å². The van der Waals surface area contributed by atoms with Crippen LogP contribution in [0.15, 0.2) is 90.0 Å². The number of benzene rings is 3. The van der Waals surface area contributed by atoms with Gasteiger partial charge in [0.1, 0.15) is 11.5 Å². The average molecular weight is 827 g/mol. The summed E-state index contributed by atoms with van der Waals surface area (Å²) in [5, 5.41) is 17.8. The fourth-order valence-corrected chi connectivity index (χ4v) is 10.1. The third-order valence-corrected chi connectivity index (χ3v) is 13.7. The number of fused-ring (bicyclic) bond motifs is 2. The number of hydrogen-bond acceptors (Lipinski definition) is 10. The Bertz CT molecular complexity index is 2500. The second-order valence-corrected chi connectivity index (χ2v) is 17.7. The first kappa shape index (κ1) is 38.8. The van der Waals surface area contributed by atoms with Gasteiger partial charge >= 0.3 is 5.97 Å². The molecule has 3 aliphatic rings. The summed E-state index contributed by atoms with van der Waals surface area (Å²) in [4.78, 5) is 54.3. The van der Waals surface area contributed by atoms with E-state index in [2.05, 4.69) is 42.5 Å². The quantitative estimate of drug-likeness (QED) is 0.109. The molecule has 6 aromatic rings. The summed E-state index contributed by atoms with van der Waals surface area (Å²) in [7, 11) is 0. The summed E-state index contributed by atoms with van der Waals surface area (Å²) in [5.74, 6) is -0.405. The van der Waals surface area contributed by atoms with Crippen molar-refractivity contribution in [2.45, 2.75) is 69.9 Å². The van der Waals surface area contributed by atoms with E-state index in [0.717, 1.165) is 56.1 Å². The molecule has 0 radical (unpaired) electrons. The number of pyridine rings is 1. The lowest BCUT2D eigenvalue weighted by Crippen LogP contribution is -2.33. The number of carbonyl (C=O) groups is 3. The van der Waals surface area contributed by atoms with Crippen LogP contribution in [0.25, 0.3) is 21.3 Å². The van der Waals surface area contributed by atoms with Crippen molar-refractivity contribution in [2.75, 3.05) is 34.8 Å². The minimum atomic E-state index is -0.759. The first-order valence-electron chi connectivity index (χ1n) is 20.4. The number of carbonyl (C=O) groups excluding carboxylic acids is 2. The molecular formula is C45H46N8O4S2. The number of hydrogen-bond donors (Lipinski definition) is 3. The Morgan fingerprint density at radius 1 is 0.864 bits per heavy atom. The number of nitrogens with zero attached hydrogens (tertiary/aromatic N) is 6. The Morgan fingerprint density at radius 3 is 2.49 bits per heavy atom. The number of rotatable bonds is 11. The summed E-state index contributed by atoms with van der Waals surface area (Å²) in [5.41, 5.74) is 7.34. The Hall–Kier alpha value is -5.73. The van der Waals surface area contributed by atoms with Crippen LogP contribution in [0.2, 0.25) is 0 Å². The lowest BCUT2D eigenvalue weighted by Gasteiger charge is -2.31. The van der Waals surface area contributed by atoms with E-state index in [1.807, 2.05) is 79.0 Å². The van der Waals surface area contributed by atoms with Gasteiger partial charge in [-0.3, -0.25) is 29.1 Å². The van der Waals surface area contributed by atoms with Crippen LogP contribution in [0.5, 0.6) is 0 Å². The van der Waals surface area contributed by atoms with Gasteiger partial charge in [-0.2, -0.15) is 5.10 Å². The van der Waals surface area contributed by atoms with E-state index in [-0.39, 0.29) is 17.7 Å². The summed E-state index contributed by atoms with van der Waals surface area (Å²) < 4.78 is 6.14. The molecule has 1 saturated heterocycles. The zero-order chi connectivity index (χ0) is 40.5. The predicted octanol–water partition coefficient (Wildman–Crippen LogP) is 8.61. The van der Waals surface area contributed by atoms with Crippen molar-refractivity contribution >= 4 is 67.9 Å². The van der Waals surface area contributed by atoms with E-state index in [1.165, 1.54) is 55.4 Å². The molecule has 3 N–H and O–H groups in total. The number of para-hydroxylation sites is 1. The highest BCUT2D eigenvalue weighted by Gasteiger charge is 2.29. The van der Waals surface area contributed by atoms with Gasteiger partial charge in [-0.05, 0) is 116 Å². The van der Waals surface area contributed by atoms with Gasteiger partial charge in [0, 0.05) is 65.7 Å². The number of anilines is 3. The number of aromatic nitrogens is 4. The van der Waals surface area contributed by atoms with Crippen molar-refractivity contribution in [3.63, 3.8) is 0 Å². The van der Waals surface area contributed by atoms with Gasteiger partial charge in [-0.1, -0.05) is 54.9 Å². The van der Waals surface area contributed by atoms with Gasteiger partial charge < -0.3 is 14.9 Å². The molecule has 9 rings (SSSR count). The Balaban J connectivity index is 0.971.